The van der Waals surface area contributed by atoms with E-state index in [1.54, 1.807) is 0 Å². The van der Waals surface area contributed by atoms with Gasteiger partial charge in [-0.1, -0.05) is 0 Å². The summed E-state index contributed by atoms with van der Waals surface area (Å²) in [6, 6.07) is 5.34. The number of carboxylic acid groups (broad SMARTS) is 1. The van der Waals surface area contributed by atoms with Crippen molar-refractivity contribution in [1.82, 2.24) is 0 Å². The molecule has 5 atom stereocenters. The number of hydrogen-bond acceptors (Lipinski definition) is 12. The van der Waals surface area contributed by atoms with Gasteiger partial charge in [0.2, 0.25) is 17.5 Å². The van der Waals surface area contributed by atoms with E-state index in [1.165, 1.54) is 6.07 Å². The Morgan fingerprint density at radius 2 is 1.66 bits per heavy atom. The Labute approximate surface area is 194 Å². The first-order valence-corrected chi connectivity index (χ1v) is 10.1. The molecule has 0 radical (unpaired) electrons. The van der Waals surface area contributed by atoms with Gasteiger partial charge in [0, 0.05) is 17.7 Å². The van der Waals surface area contributed by atoms with Crippen LogP contribution in [0, 0.1) is 0 Å². The van der Waals surface area contributed by atoms with E-state index in [0.29, 0.717) is 0 Å². The average molecular weight is 492 g/mol. The summed E-state index contributed by atoms with van der Waals surface area (Å²) in [5, 5.41) is 79.0. The van der Waals surface area contributed by atoms with Crippen LogP contribution in [0.5, 0.6) is 28.7 Å². The number of phenols is 3. The summed E-state index contributed by atoms with van der Waals surface area (Å²) in [7, 11) is 0. The summed E-state index contributed by atoms with van der Waals surface area (Å²) in [6.07, 6.45) is -9.26. The minimum Gasteiger partial charge on any atom is -0.508 e. The maximum Gasteiger partial charge on any atom is 0.306 e. The van der Waals surface area contributed by atoms with Crippen LogP contribution in [0.3, 0.4) is 0 Å². The summed E-state index contributed by atoms with van der Waals surface area (Å²) in [4.78, 5) is 23.6. The highest BCUT2D eigenvalue weighted by atomic mass is 16.7. The first-order chi connectivity index (χ1) is 16.5. The first kappa shape index (κ1) is 24.1. The van der Waals surface area contributed by atoms with Crippen LogP contribution in [0.2, 0.25) is 0 Å². The fraction of sp³-hybridized carbons (Fsp3) is 0.273. The van der Waals surface area contributed by atoms with E-state index < -0.39 is 77.3 Å². The normalized spacial score (nSPS) is 24.4. The molecule has 1 unspecified atom stereocenters. The van der Waals surface area contributed by atoms with E-state index in [0.717, 1.165) is 24.3 Å². The van der Waals surface area contributed by atoms with Gasteiger partial charge in [-0.3, -0.25) is 9.59 Å². The van der Waals surface area contributed by atoms with Crippen LogP contribution in [-0.2, 0) is 9.53 Å². The Morgan fingerprint density at radius 1 is 0.943 bits per heavy atom. The van der Waals surface area contributed by atoms with Crippen molar-refractivity contribution in [2.45, 2.75) is 37.1 Å². The van der Waals surface area contributed by atoms with Crippen molar-refractivity contribution in [2.24, 2.45) is 0 Å². The van der Waals surface area contributed by atoms with Gasteiger partial charge in [0.15, 0.2) is 17.3 Å². The van der Waals surface area contributed by atoms with Gasteiger partial charge in [-0.25, -0.2) is 0 Å². The molecule has 2 heterocycles. The zero-order valence-electron chi connectivity index (χ0n) is 17.6. The molecule has 0 saturated carbocycles. The third-order valence-corrected chi connectivity index (χ3v) is 5.44. The summed E-state index contributed by atoms with van der Waals surface area (Å²) in [6.45, 7) is 0. The Hall–Kier alpha value is -4.04. The second-order valence-electron chi connectivity index (χ2n) is 7.86. The number of aliphatic hydroxyl groups excluding tert-OH is 3. The molecule has 4 rings (SSSR count). The molecule has 0 spiro atoms. The third-order valence-electron chi connectivity index (χ3n) is 5.44. The molecule has 3 aromatic rings. The van der Waals surface area contributed by atoms with Crippen molar-refractivity contribution in [2.75, 3.05) is 0 Å². The molecule has 2 aromatic carbocycles. The third kappa shape index (κ3) is 4.40. The minimum absolute atomic E-state index is 0.0231. The lowest BCUT2D eigenvalue weighted by Crippen LogP contribution is -2.59. The molecule has 8 N–H and O–H groups in total. The number of phenolic OH excluding ortho intramolecular Hbond substituents is 3. The molecular weight excluding hydrogens is 472 g/mol. The quantitative estimate of drug-likeness (QED) is 0.234. The number of rotatable bonds is 5. The lowest BCUT2D eigenvalue weighted by molar-refractivity contribution is -0.273. The van der Waals surface area contributed by atoms with Crippen LogP contribution >= 0.6 is 0 Å². The van der Waals surface area contributed by atoms with Crippen molar-refractivity contribution in [3.05, 3.63) is 40.6 Å². The van der Waals surface area contributed by atoms with E-state index >= 15 is 0 Å². The van der Waals surface area contributed by atoms with Crippen LogP contribution in [0.1, 0.15) is 6.42 Å². The summed E-state index contributed by atoms with van der Waals surface area (Å²) in [5.41, 5.74) is -1.28. The Balaban J connectivity index is 1.72. The second kappa shape index (κ2) is 8.96. The molecule has 13 heteroatoms. The van der Waals surface area contributed by atoms with Crippen molar-refractivity contribution >= 4 is 16.9 Å². The molecule has 186 valence electrons. The fourth-order valence-electron chi connectivity index (χ4n) is 3.70. The number of aliphatic carboxylic acids is 1. The van der Waals surface area contributed by atoms with Gasteiger partial charge in [0.05, 0.1) is 6.42 Å². The van der Waals surface area contributed by atoms with Gasteiger partial charge in [-0.05, 0) is 18.2 Å². The summed E-state index contributed by atoms with van der Waals surface area (Å²) < 4.78 is 16.2. The van der Waals surface area contributed by atoms with Gasteiger partial charge >= 0.3 is 5.97 Å². The van der Waals surface area contributed by atoms with E-state index in [9.17, 15) is 45.3 Å². The summed E-state index contributed by atoms with van der Waals surface area (Å²) in [5.74, 6) is -4.58. The van der Waals surface area contributed by atoms with Crippen molar-refractivity contribution < 1.29 is 59.5 Å². The number of aliphatic hydroxyl groups is 3. The number of fused-ring (bicyclic) bond motifs is 1. The van der Waals surface area contributed by atoms with Crippen molar-refractivity contribution in [3.63, 3.8) is 0 Å². The van der Waals surface area contributed by atoms with E-state index in [4.69, 9.17) is 19.0 Å². The molecule has 0 amide bonds. The van der Waals surface area contributed by atoms with Crippen LogP contribution in [0.4, 0.5) is 0 Å². The number of hydrogen-bond donors (Lipinski definition) is 8. The monoisotopic (exact) mass is 492 g/mol. The van der Waals surface area contributed by atoms with E-state index in [2.05, 4.69) is 0 Å². The SMILES string of the molecule is O=C(O)C[C@H]1OC(Oc2cc(-c3oc4cc(O)cc(O)c4c(=O)c3O)ccc2O)[C@H](O)[C@@H](O)[C@@H]1O. The highest BCUT2D eigenvalue weighted by Crippen LogP contribution is 2.39. The highest BCUT2D eigenvalue weighted by molar-refractivity contribution is 5.88. The van der Waals surface area contributed by atoms with E-state index in [-0.39, 0.29) is 22.3 Å². The molecule has 1 saturated heterocycles. The summed E-state index contributed by atoms with van der Waals surface area (Å²) >= 11 is 0. The number of ether oxygens (including phenoxy) is 2. The number of carbonyl (C=O) groups is 1. The molecule has 35 heavy (non-hydrogen) atoms. The topological polar surface area (TPSA) is 228 Å². The van der Waals surface area contributed by atoms with E-state index in [1.807, 2.05) is 0 Å². The van der Waals surface area contributed by atoms with Gasteiger partial charge in [-0.15, -0.1) is 0 Å². The minimum atomic E-state index is -1.84. The first-order valence-electron chi connectivity index (χ1n) is 10.1. The Morgan fingerprint density at radius 3 is 2.34 bits per heavy atom. The van der Waals surface area contributed by atoms with Gasteiger partial charge < -0.3 is 54.7 Å². The number of aromatic hydroxyl groups is 4. The lowest BCUT2D eigenvalue weighted by Gasteiger charge is -2.39. The largest absolute Gasteiger partial charge is 0.508 e. The number of carboxylic acids is 1. The molecule has 13 nitrogen and oxygen atoms in total. The predicted octanol–water partition coefficient (Wildman–Crippen LogP) is -0.0565. The van der Waals surface area contributed by atoms with Gasteiger partial charge in [-0.2, -0.15) is 0 Å². The zero-order valence-corrected chi connectivity index (χ0v) is 17.6. The Kier molecular flexibility index (Phi) is 6.17. The molecular formula is C22H20O13. The standard InChI is InChI=1S/C22H20O13/c23-8-4-10(25)15-12(5-8)33-21(19(31)17(15)29)7-1-2-9(24)11(3-7)34-22-20(32)18(30)16(28)13(35-22)6-14(26)27/h1-5,13,16,18,20,22-25,28,30-32H,6H2,(H,26,27)/t13-,16-,18+,20-,22?/m1/s1. The van der Waals surface area contributed by atoms with Crippen LogP contribution in [0.15, 0.2) is 39.5 Å². The highest BCUT2D eigenvalue weighted by Gasteiger charge is 2.45. The molecule has 0 aliphatic carbocycles. The fourth-order valence-corrected chi connectivity index (χ4v) is 3.70. The zero-order chi connectivity index (χ0) is 25.6. The maximum atomic E-state index is 12.6. The van der Waals surface area contributed by atoms with Crippen molar-refractivity contribution in [3.8, 4) is 40.1 Å². The molecule has 1 aliphatic heterocycles. The van der Waals surface area contributed by atoms with Crippen LogP contribution < -0.4 is 10.2 Å². The Bertz CT molecular complexity index is 1350. The van der Waals surface area contributed by atoms with Crippen LogP contribution in [-0.4, -0.2) is 77.5 Å². The number of benzene rings is 2. The average Bonchev–Trinajstić information content (AvgIpc) is 2.78. The van der Waals surface area contributed by atoms with Crippen molar-refractivity contribution in [1.29, 1.82) is 0 Å². The molecule has 1 fully saturated rings. The maximum absolute atomic E-state index is 12.6. The smallest absolute Gasteiger partial charge is 0.306 e. The molecule has 0 bridgehead atoms. The van der Waals surface area contributed by atoms with Gasteiger partial charge in [0.1, 0.15) is 46.9 Å². The predicted molar refractivity (Wildman–Crippen MR) is 114 cm³/mol. The second-order valence-corrected chi connectivity index (χ2v) is 7.86. The molecule has 1 aromatic heterocycles. The lowest BCUT2D eigenvalue weighted by atomic mass is 9.97. The van der Waals surface area contributed by atoms with Crippen LogP contribution in [0.25, 0.3) is 22.3 Å². The molecule has 1 aliphatic rings. The van der Waals surface area contributed by atoms with Gasteiger partial charge in [0.25, 0.3) is 0 Å².